The standard InChI is InChI=1S/C10H18N2O3/c1-3-4-5-8-12(2)9(13)6-7-11-10(14)15/h3,11H,1,4-8H2,2H3,(H,14,15). The average molecular weight is 214 g/mol. The summed E-state index contributed by atoms with van der Waals surface area (Å²) in [5.74, 6) is -0.0483. The molecule has 0 aromatic carbocycles. The van der Waals surface area contributed by atoms with Gasteiger partial charge in [0.2, 0.25) is 5.91 Å². The molecule has 0 atom stereocenters. The maximum absolute atomic E-state index is 11.4. The highest BCUT2D eigenvalue weighted by molar-refractivity contribution is 5.76. The molecule has 0 aromatic rings. The molecule has 2 N–H and O–H groups in total. The second kappa shape index (κ2) is 7.84. The summed E-state index contributed by atoms with van der Waals surface area (Å²) >= 11 is 0. The molecule has 0 saturated carbocycles. The van der Waals surface area contributed by atoms with Crippen molar-refractivity contribution in [1.29, 1.82) is 0 Å². The third kappa shape index (κ3) is 7.54. The van der Waals surface area contributed by atoms with Gasteiger partial charge in [0.25, 0.3) is 0 Å². The van der Waals surface area contributed by atoms with Gasteiger partial charge < -0.3 is 15.3 Å². The Labute approximate surface area is 89.8 Å². The first kappa shape index (κ1) is 13.5. The quantitative estimate of drug-likeness (QED) is 0.492. The van der Waals surface area contributed by atoms with Crippen LogP contribution in [0.2, 0.25) is 0 Å². The molecule has 0 saturated heterocycles. The molecule has 5 nitrogen and oxygen atoms in total. The second-order valence-corrected chi connectivity index (χ2v) is 3.23. The van der Waals surface area contributed by atoms with Crippen LogP contribution >= 0.6 is 0 Å². The molecule has 0 rings (SSSR count). The van der Waals surface area contributed by atoms with E-state index in [1.807, 2.05) is 6.08 Å². The van der Waals surface area contributed by atoms with Gasteiger partial charge in [0.15, 0.2) is 0 Å². The number of allylic oxidation sites excluding steroid dienone is 1. The van der Waals surface area contributed by atoms with Crippen LogP contribution in [0.15, 0.2) is 12.7 Å². The van der Waals surface area contributed by atoms with Crippen LogP contribution in [0.5, 0.6) is 0 Å². The third-order valence-corrected chi connectivity index (χ3v) is 1.94. The molecule has 0 aromatic heterocycles. The fourth-order valence-electron chi connectivity index (χ4n) is 1.06. The minimum absolute atomic E-state index is 0.0483. The van der Waals surface area contributed by atoms with Crippen molar-refractivity contribution in [3.8, 4) is 0 Å². The summed E-state index contributed by atoms with van der Waals surface area (Å²) in [5.41, 5.74) is 0. The fourth-order valence-corrected chi connectivity index (χ4v) is 1.06. The zero-order chi connectivity index (χ0) is 11.7. The van der Waals surface area contributed by atoms with Crippen LogP contribution in [0.4, 0.5) is 4.79 Å². The molecule has 15 heavy (non-hydrogen) atoms. The van der Waals surface area contributed by atoms with Crippen molar-refractivity contribution in [2.75, 3.05) is 20.1 Å². The van der Waals surface area contributed by atoms with E-state index in [0.29, 0.717) is 6.54 Å². The minimum Gasteiger partial charge on any atom is -0.465 e. The van der Waals surface area contributed by atoms with E-state index in [4.69, 9.17) is 5.11 Å². The molecule has 2 amide bonds. The van der Waals surface area contributed by atoms with E-state index in [-0.39, 0.29) is 18.9 Å². The van der Waals surface area contributed by atoms with Gasteiger partial charge in [0.05, 0.1) is 0 Å². The van der Waals surface area contributed by atoms with Crippen LogP contribution in [-0.2, 0) is 4.79 Å². The van der Waals surface area contributed by atoms with Crippen LogP contribution in [0.1, 0.15) is 19.3 Å². The number of unbranched alkanes of at least 4 members (excludes halogenated alkanes) is 1. The lowest BCUT2D eigenvalue weighted by molar-refractivity contribution is -0.129. The van der Waals surface area contributed by atoms with Gasteiger partial charge in [-0.15, -0.1) is 6.58 Å². The first-order chi connectivity index (χ1) is 7.07. The van der Waals surface area contributed by atoms with Crippen LogP contribution in [-0.4, -0.2) is 42.1 Å². The number of hydrogen-bond donors (Lipinski definition) is 2. The summed E-state index contributed by atoms with van der Waals surface area (Å²) in [6.45, 7) is 4.44. The number of carbonyl (C=O) groups is 2. The minimum atomic E-state index is -1.10. The number of carboxylic acid groups (broad SMARTS) is 1. The van der Waals surface area contributed by atoms with Crippen molar-refractivity contribution < 1.29 is 14.7 Å². The van der Waals surface area contributed by atoms with Crippen molar-refractivity contribution in [1.82, 2.24) is 10.2 Å². The van der Waals surface area contributed by atoms with Gasteiger partial charge in [-0.2, -0.15) is 0 Å². The van der Waals surface area contributed by atoms with Gasteiger partial charge in [-0.3, -0.25) is 4.79 Å². The number of carbonyl (C=O) groups excluding carboxylic acids is 1. The van der Waals surface area contributed by atoms with Gasteiger partial charge in [-0.25, -0.2) is 4.79 Å². The Bertz CT molecular complexity index is 229. The first-order valence-electron chi connectivity index (χ1n) is 4.89. The Kier molecular flexibility index (Phi) is 7.05. The van der Waals surface area contributed by atoms with E-state index in [0.717, 1.165) is 12.8 Å². The summed E-state index contributed by atoms with van der Waals surface area (Å²) in [5, 5.41) is 10.4. The van der Waals surface area contributed by atoms with E-state index in [1.54, 1.807) is 11.9 Å². The molecule has 0 fully saturated rings. The molecule has 0 aliphatic heterocycles. The zero-order valence-corrected chi connectivity index (χ0v) is 9.03. The second-order valence-electron chi connectivity index (χ2n) is 3.23. The molecule has 0 spiro atoms. The zero-order valence-electron chi connectivity index (χ0n) is 9.03. The molecule has 0 aliphatic rings. The fraction of sp³-hybridized carbons (Fsp3) is 0.600. The summed E-state index contributed by atoms with van der Waals surface area (Å²) in [7, 11) is 1.71. The molecule has 5 heteroatoms. The normalized spacial score (nSPS) is 9.40. The van der Waals surface area contributed by atoms with Crippen molar-refractivity contribution in [3.05, 3.63) is 12.7 Å². The average Bonchev–Trinajstić information content (AvgIpc) is 2.17. The number of amides is 2. The summed E-state index contributed by atoms with van der Waals surface area (Å²) in [6, 6.07) is 0. The van der Waals surface area contributed by atoms with E-state index >= 15 is 0 Å². The van der Waals surface area contributed by atoms with Crippen LogP contribution in [0.25, 0.3) is 0 Å². The van der Waals surface area contributed by atoms with Crippen molar-refractivity contribution in [2.45, 2.75) is 19.3 Å². The predicted molar refractivity (Wildman–Crippen MR) is 57.7 cm³/mol. The molecule has 0 bridgehead atoms. The number of rotatable bonds is 7. The van der Waals surface area contributed by atoms with Gasteiger partial charge in [0.1, 0.15) is 0 Å². The number of nitrogens with one attached hydrogen (secondary N) is 1. The lowest BCUT2D eigenvalue weighted by atomic mass is 10.3. The Morgan fingerprint density at radius 3 is 2.73 bits per heavy atom. The number of hydrogen-bond acceptors (Lipinski definition) is 2. The molecule has 0 aliphatic carbocycles. The van der Waals surface area contributed by atoms with Crippen LogP contribution in [0, 0.1) is 0 Å². The van der Waals surface area contributed by atoms with E-state index in [9.17, 15) is 9.59 Å². The number of nitrogens with zero attached hydrogens (tertiary/aromatic N) is 1. The van der Waals surface area contributed by atoms with Gasteiger partial charge in [0, 0.05) is 26.6 Å². The lowest BCUT2D eigenvalue weighted by Gasteiger charge is -2.16. The lowest BCUT2D eigenvalue weighted by Crippen LogP contribution is -2.32. The topological polar surface area (TPSA) is 69.6 Å². The molecule has 0 heterocycles. The highest BCUT2D eigenvalue weighted by Gasteiger charge is 2.07. The maximum Gasteiger partial charge on any atom is 0.404 e. The first-order valence-corrected chi connectivity index (χ1v) is 4.89. The Hall–Kier alpha value is -1.52. The van der Waals surface area contributed by atoms with Crippen LogP contribution < -0.4 is 5.32 Å². The monoisotopic (exact) mass is 214 g/mol. The summed E-state index contributed by atoms with van der Waals surface area (Å²) < 4.78 is 0. The van der Waals surface area contributed by atoms with E-state index < -0.39 is 6.09 Å². The van der Waals surface area contributed by atoms with E-state index in [1.165, 1.54) is 0 Å². The molecular weight excluding hydrogens is 196 g/mol. The largest absolute Gasteiger partial charge is 0.465 e. The summed E-state index contributed by atoms with van der Waals surface area (Å²) in [4.78, 5) is 23.1. The van der Waals surface area contributed by atoms with E-state index in [2.05, 4.69) is 11.9 Å². The molecule has 0 radical (unpaired) electrons. The maximum atomic E-state index is 11.4. The van der Waals surface area contributed by atoms with Gasteiger partial charge in [-0.1, -0.05) is 6.08 Å². The SMILES string of the molecule is C=CCCCN(C)C(=O)CCNC(=O)O. The van der Waals surface area contributed by atoms with Gasteiger partial charge >= 0.3 is 6.09 Å². The van der Waals surface area contributed by atoms with Crippen molar-refractivity contribution >= 4 is 12.0 Å². The smallest absolute Gasteiger partial charge is 0.404 e. The summed E-state index contributed by atoms with van der Waals surface area (Å²) in [6.07, 6.45) is 2.68. The van der Waals surface area contributed by atoms with Crippen LogP contribution in [0.3, 0.4) is 0 Å². The molecule has 0 unspecified atom stereocenters. The Morgan fingerprint density at radius 2 is 2.20 bits per heavy atom. The molecule has 86 valence electrons. The Balaban J connectivity index is 3.59. The Morgan fingerprint density at radius 1 is 1.53 bits per heavy atom. The predicted octanol–water partition coefficient (Wildman–Crippen LogP) is 1.07. The molecular formula is C10H18N2O3. The third-order valence-electron chi connectivity index (χ3n) is 1.94. The van der Waals surface area contributed by atoms with Gasteiger partial charge in [-0.05, 0) is 12.8 Å². The highest BCUT2D eigenvalue weighted by atomic mass is 16.4. The highest BCUT2D eigenvalue weighted by Crippen LogP contribution is 1.96. The van der Waals surface area contributed by atoms with Crippen molar-refractivity contribution in [3.63, 3.8) is 0 Å². The van der Waals surface area contributed by atoms with Crippen molar-refractivity contribution in [2.24, 2.45) is 0 Å².